The van der Waals surface area contributed by atoms with Crippen molar-refractivity contribution in [2.24, 2.45) is 5.92 Å². The largest absolute Gasteiger partial charge is 0.353 e. The van der Waals surface area contributed by atoms with Crippen molar-refractivity contribution < 1.29 is 9.59 Å². The van der Waals surface area contributed by atoms with Crippen molar-refractivity contribution in [2.75, 3.05) is 18.4 Å². The molecule has 2 aliphatic rings. The summed E-state index contributed by atoms with van der Waals surface area (Å²) in [7, 11) is 0. The lowest BCUT2D eigenvalue weighted by Crippen LogP contribution is -2.44. The van der Waals surface area contributed by atoms with E-state index in [2.05, 4.69) is 27.7 Å². The fourth-order valence-corrected chi connectivity index (χ4v) is 5.44. The van der Waals surface area contributed by atoms with Gasteiger partial charge in [-0.1, -0.05) is 31.4 Å². The summed E-state index contributed by atoms with van der Waals surface area (Å²) in [5.74, 6) is 0.359. The van der Waals surface area contributed by atoms with Crippen LogP contribution in [0.15, 0.2) is 36.4 Å². The Bertz CT molecular complexity index is 896. The van der Waals surface area contributed by atoms with Crippen LogP contribution < -0.4 is 10.6 Å². The highest BCUT2D eigenvalue weighted by atomic mass is 32.1. The standard InChI is InChI=1S/C25H33N3O2S/c1-18-10-11-23(31-18)25(30)27-22-9-5-6-19(16-22)17-28-14-12-20(13-15-28)24(29)26-21-7-3-2-4-8-21/h5-6,9-11,16,20-21H,2-4,7-8,12-15,17H2,1H3,(H,26,29)(H,27,30). The molecule has 1 saturated carbocycles. The summed E-state index contributed by atoms with van der Waals surface area (Å²) in [6, 6.07) is 12.3. The first-order chi connectivity index (χ1) is 15.1. The van der Waals surface area contributed by atoms with Crippen molar-refractivity contribution >= 4 is 28.8 Å². The van der Waals surface area contributed by atoms with E-state index in [0.29, 0.717) is 6.04 Å². The molecule has 2 N–H and O–H groups in total. The molecule has 0 atom stereocenters. The molecule has 6 heteroatoms. The van der Waals surface area contributed by atoms with Crippen LogP contribution in [0.4, 0.5) is 5.69 Å². The van der Waals surface area contributed by atoms with Crippen LogP contribution in [0.25, 0.3) is 0 Å². The zero-order chi connectivity index (χ0) is 21.6. The second kappa shape index (κ2) is 10.4. The molecule has 1 aliphatic carbocycles. The van der Waals surface area contributed by atoms with Crippen molar-refractivity contribution in [2.45, 2.75) is 64.5 Å². The lowest BCUT2D eigenvalue weighted by Gasteiger charge is -2.32. The van der Waals surface area contributed by atoms with Crippen LogP contribution in [0.1, 0.15) is 65.1 Å². The summed E-state index contributed by atoms with van der Waals surface area (Å²) >= 11 is 1.51. The molecule has 4 rings (SSSR count). The van der Waals surface area contributed by atoms with E-state index in [-0.39, 0.29) is 17.7 Å². The fraction of sp³-hybridized carbons (Fsp3) is 0.520. The molecule has 0 radical (unpaired) electrons. The Morgan fingerprint density at radius 3 is 2.52 bits per heavy atom. The average Bonchev–Trinajstić information content (AvgIpc) is 3.22. The predicted molar refractivity (Wildman–Crippen MR) is 126 cm³/mol. The van der Waals surface area contributed by atoms with E-state index in [0.717, 1.165) is 60.8 Å². The average molecular weight is 440 g/mol. The Kier molecular flexibility index (Phi) is 7.41. The molecule has 0 unspecified atom stereocenters. The highest BCUT2D eigenvalue weighted by Crippen LogP contribution is 2.23. The molecule has 2 fully saturated rings. The number of piperidine rings is 1. The maximum atomic E-state index is 12.6. The molecule has 0 spiro atoms. The quantitative estimate of drug-likeness (QED) is 0.668. The summed E-state index contributed by atoms with van der Waals surface area (Å²) in [5, 5.41) is 6.31. The van der Waals surface area contributed by atoms with E-state index in [4.69, 9.17) is 0 Å². The molecular weight excluding hydrogens is 406 g/mol. The normalized spacial score (nSPS) is 18.6. The number of amides is 2. The van der Waals surface area contributed by atoms with Crippen molar-refractivity contribution in [1.29, 1.82) is 0 Å². The van der Waals surface area contributed by atoms with Gasteiger partial charge in [0.25, 0.3) is 5.91 Å². The molecule has 31 heavy (non-hydrogen) atoms. The molecule has 1 aromatic heterocycles. The monoisotopic (exact) mass is 439 g/mol. The van der Waals surface area contributed by atoms with Crippen LogP contribution in [0, 0.1) is 12.8 Å². The van der Waals surface area contributed by atoms with Gasteiger partial charge in [-0.3, -0.25) is 14.5 Å². The van der Waals surface area contributed by atoms with Crippen LogP contribution in [0.2, 0.25) is 0 Å². The molecule has 2 heterocycles. The number of carbonyl (C=O) groups excluding carboxylic acids is 2. The van der Waals surface area contributed by atoms with Gasteiger partial charge in [-0.15, -0.1) is 11.3 Å². The number of benzene rings is 1. The summed E-state index contributed by atoms with van der Waals surface area (Å²) in [6.45, 7) is 4.73. The first-order valence-corrected chi connectivity index (χ1v) is 12.4. The predicted octanol–water partition coefficient (Wildman–Crippen LogP) is 4.97. The third-order valence-corrected chi connectivity index (χ3v) is 7.46. The van der Waals surface area contributed by atoms with Gasteiger partial charge in [-0.25, -0.2) is 0 Å². The van der Waals surface area contributed by atoms with Crippen LogP contribution in [-0.4, -0.2) is 35.8 Å². The Hall–Kier alpha value is -2.18. The van der Waals surface area contributed by atoms with Gasteiger partial charge < -0.3 is 10.6 Å². The molecule has 166 valence electrons. The van der Waals surface area contributed by atoms with E-state index in [1.165, 1.54) is 36.2 Å². The molecule has 2 aromatic rings. The van der Waals surface area contributed by atoms with Gasteiger partial charge in [0.1, 0.15) is 0 Å². The van der Waals surface area contributed by atoms with Crippen LogP contribution >= 0.6 is 11.3 Å². The second-order valence-electron chi connectivity index (χ2n) is 8.96. The maximum absolute atomic E-state index is 12.6. The fourth-order valence-electron chi connectivity index (χ4n) is 4.67. The highest BCUT2D eigenvalue weighted by Gasteiger charge is 2.27. The van der Waals surface area contributed by atoms with Crippen molar-refractivity contribution in [3.8, 4) is 0 Å². The Morgan fingerprint density at radius 1 is 1.03 bits per heavy atom. The summed E-state index contributed by atoms with van der Waals surface area (Å²) in [5.41, 5.74) is 2.01. The SMILES string of the molecule is Cc1ccc(C(=O)Nc2cccc(CN3CCC(C(=O)NC4CCCCC4)CC3)c2)s1. The first kappa shape index (κ1) is 22.0. The van der Waals surface area contributed by atoms with E-state index in [1.54, 1.807) is 0 Å². The van der Waals surface area contributed by atoms with Crippen molar-refractivity contribution in [3.05, 3.63) is 51.7 Å². The van der Waals surface area contributed by atoms with Gasteiger partial charge >= 0.3 is 0 Å². The number of aryl methyl sites for hydroxylation is 1. The minimum Gasteiger partial charge on any atom is -0.353 e. The lowest BCUT2D eigenvalue weighted by atomic mass is 9.92. The maximum Gasteiger partial charge on any atom is 0.265 e. The van der Waals surface area contributed by atoms with Crippen LogP contribution in [0.3, 0.4) is 0 Å². The number of hydrogen-bond acceptors (Lipinski definition) is 4. The summed E-state index contributed by atoms with van der Waals surface area (Å²) in [6.07, 6.45) is 7.93. The Labute approximate surface area is 189 Å². The molecule has 1 aromatic carbocycles. The number of likely N-dealkylation sites (tertiary alicyclic amines) is 1. The number of hydrogen-bond donors (Lipinski definition) is 2. The van der Waals surface area contributed by atoms with Crippen molar-refractivity contribution in [1.82, 2.24) is 10.2 Å². The number of carbonyl (C=O) groups is 2. The Balaban J connectivity index is 1.25. The molecular formula is C25H33N3O2S. The summed E-state index contributed by atoms with van der Waals surface area (Å²) < 4.78 is 0. The lowest BCUT2D eigenvalue weighted by molar-refractivity contribution is -0.127. The smallest absolute Gasteiger partial charge is 0.265 e. The molecule has 1 aliphatic heterocycles. The third-order valence-electron chi connectivity index (χ3n) is 6.47. The molecule has 0 bridgehead atoms. The zero-order valence-corrected chi connectivity index (χ0v) is 19.2. The van der Waals surface area contributed by atoms with Gasteiger partial charge in [-0.05, 0) is 75.5 Å². The number of thiophene rings is 1. The third kappa shape index (κ3) is 6.17. The minimum absolute atomic E-state index is 0.0555. The van der Waals surface area contributed by atoms with Crippen LogP contribution in [0.5, 0.6) is 0 Å². The molecule has 2 amide bonds. The van der Waals surface area contributed by atoms with Crippen LogP contribution in [-0.2, 0) is 11.3 Å². The highest BCUT2D eigenvalue weighted by molar-refractivity contribution is 7.14. The van der Waals surface area contributed by atoms with Crippen molar-refractivity contribution in [3.63, 3.8) is 0 Å². The van der Waals surface area contributed by atoms with Gasteiger partial charge in [0, 0.05) is 29.1 Å². The molecule has 5 nitrogen and oxygen atoms in total. The first-order valence-electron chi connectivity index (χ1n) is 11.6. The van der Waals surface area contributed by atoms with Gasteiger partial charge in [0.05, 0.1) is 4.88 Å². The number of rotatable bonds is 6. The number of nitrogens with one attached hydrogen (secondary N) is 2. The topological polar surface area (TPSA) is 61.4 Å². The van der Waals surface area contributed by atoms with E-state index in [9.17, 15) is 9.59 Å². The van der Waals surface area contributed by atoms with Gasteiger partial charge in [0.2, 0.25) is 5.91 Å². The molecule has 1 saturated heterocycles. The zero-order valence-electron chi connectivity index (χ0n) is 18.4. The second-order valence-corrected chi connectivity index (χ2v) is 10.2. The minimum atomic E-state index is -0.0555. The van der Waals surface area contributed by atoms with E-state index >= 15 is 0 Å². The van der Waals surface area contributed by atoms with E-state index < -0.39 is 0 Å². The van der Waals surface area contributed by atoms with E-state index in [1.807, 2.05) is 31.2 Å². The Morgan fingerprint density at radius 2 is 1.81 bits per heavy atom. The number of nitrogens with zero attached hydrogens (tertiary/aromatic N) is 1. The van der Waals surface area contributed by atoms with Gasteiger partial charge in [0.15, 0.2) is 0 Å². The van der Waals surface area contributed by atoms with Gasteiger partial charge in [-0.2, -0.15) is 0 Å². The summed E-state index contributed by atoms with van der Waals surface area (Å²) in [4.78, 5) is 29.3. The number of anilines is 1.